The summed E-state index contributed by atoms with van der Waals surface area (Å²) in [4.78, 5) is 2.34. The van der Waals surface area contributed by atoms with Crippen LogP contribution >= 0.6 is 0 Å². The molecule has 2 heterocycles. The number of hydrogen-bond acceptors (Lipinski definition) is 3. The standard InChI is InChI=1S/C57H39NO2/c1-57(2)51-18-6-3-11-45(51)50-35-39(27-34-52(50)57)36-21-28-40(29-22-36)58(41-30-23-37(24-31-41)43-14-9-16-48-46-12-4-7-19-53(46)59-55(43)48)42-32-25-38(26-33-42)44-15-10-17-49-47-13-5-8-20-54(47)60-56(44)49/h3-35H,1-2H3. The van der Waals surface area contributed by atoms with Crippen LogP contribution in [0.3, 0.4) is 0 Å². The second-order valence-electron chi connectivity index (χ2n) is 16.5. The summed E-state index contributed by atoms with van der Waals surface area (Å²) in [5, 5.41) is 4.52. The predicted octanol–water partition coefficient (Wildman–Crippen LogP) is 16.3. The Morgan fingerprint density at radius 1 is 0.333 bits per heavy atom. The van der Waals surface area contributed by atoms with Crippen LogP contribution in [-0.2, 0) is 5.41 Å². The molecule has 0 radical (unpaired) electrons. The van der Waals surface area contributed by atoms with Gasteiger partial charge in [0.1, 0.15) is 22.3 Å². The molecule has 0 aliphatic heterocycles. The molecular weight excluding hydrogens is 731 g/mol. The fraction of sp³-hybridized carbons (Fsp3) is 0.0526. The summed E-state index contributed by atoms with van der Waals surface area (Å²) in [7, 11) is 0. The first-order valence-electron chi connectivity index (χ1n) is 20.7. The van der Waals surface area contributed by atoms with E-state index in [-0.39, 0.29) is 5.41 Å². The van der Waals surface area contributed by atoms with Gasteiger partial charge in [0.2, 0.25) is 0 Å². The SMILES string of the molecule is CC1(C)c2ccccc2-c2cc(-c3ccc(N(c4ccc(-c5cccc6c5oc5ccccc56)cc4)c4ccc(-c5cccc6c5oc5ccccc56)cc4)cc3)ccc21. The molecular formula is C57H39NO2. The Morgan fingerprint density at radius 2 is 0.750 bits per heavy atom. The van der Waals surface area contributed by atoms with E-state index in [9.17, 15) is 0 Å². The van der Waals surface area contributed by atoms with Crippen LogP contribution in [0.1, 0.15) is 25.0 Å². The molecule has 2 aromatic heterocycles. The minimum absolute atomic E-state index is 0.0168. The zero-order valence-electron chi connectivity index (χ0n) is 33.3. The van der Waals surface area contributed by atoms with Crippen LogP contribution in [0, 0.1) is 0 Å². The van der Waals surface area contributed by atoms with Gasteiger partial charge in [-0.15, -0.1) is 0 Å². The molecule has 284 valence electrons. The predicted molar refractivity (Wildman–Crippen MR) is 250 cm³/mol. The number of nitrogens with zero attached hydrogens (tertiary/aromatic N) is 1. The average Bonchev–Trinajstić information content (AvgIpc) is 3.95. The van der Waals surface area contributed by atoms with Gasteiger partial charge in [-0.05, 0) is 99.1 Å². The lowest BCUT2D eigenvalue weighted by atomic mass is 9.82. The fourth-order valence-corrected chi connectivity index (χ4v) is 9.68. The number of fused-ring (bicyclic) bond motifs is 9. The minimum Gasteiger partial charge on any atom is -0.455 e. The Hall–Kier alpha value is -7.62. The molecule has 0 bridgehead atoms. The van der Waals surface area contributed by atoms with Gasteiger partial charge in [-0.25, -0.2) is 0 Å². The van der Waals surface area contributed by atoms with E-state index in [4.69, 9.17) is 8.83 Å². The molecule has 1 aliphatic rings. The second-order valence-corrected chi connectivity index (χ2v) is 16.5. The largest absolute Gasteiger partial charge is 0.455 e. The van der Waals surface area contributed by atoms with Crippen molar-refractivity contribution in [3.8, 4) is 44.5 Å². The summed E-state index contributed by atoms with van der Waals surface area (Å²) in [6.45, 7) is 4.66. The third kappa shape index (κ3) is 5.29. The van der Waals surface area contributed by atoms with Gasteiger partial charge in [0.15, 0.2) is 0 Å². The molecule has 0 saturated heterocycles. The first-order chi connectivity index (χ1) is 29.5. The molecule has 0 spiro atoms. The van der Waals surface area contributed by atoms with Gasteiger partial charge in [-0.1, -0.05) is 159 Å². The molecule has 9 aromatic carbocycles. The van der Waals surface area contributed by atoms with Gasteiger partial charge >= 0.3 is 0 Å². The van der Waals surface area contributed by atoms with Crippen molar-refractivity contribution in [2.75, 3.05) is 4.90 Å². The van der Waals surface area contributed by atoms with Crippen LogP contribution in [0.4, 0.5) is 17.1 Å². The lowest BCUT2D eigenvalue weighted by molar-refractivity contribution is 0.660. The third-order valence-electron chi connectivity index (χ3n) is 12.7. The normalized spacial score (nSPS) is 13.0. The van der Waals surface area contributed by atoms with Crippen molar-refractivity contribution in [1.82, 2.24) is 0 Å². The van der Waals surface area contributed by atoms with Crippen molar-refractivity contribution in [2.45, 2.75) is 19.3 Å². The molecule has 0 amide bonds. The Balaban J connectivity index is 0.940. The minimum atomic E-state index is -0.0168. The van der Waals surface area contributed by atoms with Gasteiger partial charge in [0.05, 0.1) is 0 Å². The highest BCUT2D eigenvalue weighted by atomic mass is 16.3. The molecule has 1 aliphatic carbocycles. The van der Waals surface area contributed by atoms with Crippen molar-refractivity contribution < 1.29 is 8.83 Å². The van der Waals surface area contributed by atoms with Crippen LogP contribution in [0.15, 0.2) is 209 Å². The summed E-state index contributed by atoms with van der Waals surface area (Å²) in [6.07, 6.45) is 0. The van der Waals surface area contributed by atoms with Crippen LogP contribution < -0.4 is 4.90 Å². The summed E-state index contributed by atoms with van der Waals surface area (Å²) in [5.41, 5.74) is 19.0. The van der Waals surface area contributed by atoms with E-state index in [1.165, 1.54) is 33.4 Å². The first kappa shape index (κ1) is 34.4. The number of furan rings is 2. The molecule has 0 atom stereocenters. The topological polar surface area (TPSA) is 29.5 Å². The van der Waals surface area contributed by atoms with Crippen molar-refractivity contribution >= 4 is 60.9 Å². The maximum Gasteiger partial charge on any atom is 0.143 e. The van der Waals surface area contributed by atoms with E-state index >= 15 is 0 Å². The molecule has 0 unspecified atom stereocenters. The second kappa shape index (κ2) is 13.2. The molecule has 3 heteroatoms. The van der Waals surface area contributed by atoms with E-state index in [0.29, 0.717) is 0 Å². The maximum absolute atomic E-state index is 6.43. The lowest BCUT2D eigenvalue weighted by Crippen LogP contribution is -2.14. The highest BCUT2D eigenvalue weighted by Crippen LogP contribution is 2.50. The Morgan fingerprint density at radius 3 is 1.30 bits per heavy atom. The smallest absolute Gasteiger partial charge is 0.143 e. The first-order valence-corrected chi connectivity index (χ1v) is 20.7. The van der Waals surface area contributed by atoms with E-state index in [0.717, 1.165) is 83.2 Å². The average molecular weight is 770 g/mol. The molecule has 0 N–H and O–H groups in total. The fourth-order valence-electron chi connectivity index (χ4n) is 9.68. The quantitative estimate of drug-likeness (QED) is 0.169. The zero-order chi connectivity index (χ0) is 40.0. The number of hydrogen-bond donors (Lipinski definition) is 0. The third-order valence-corrected chi connectivity index (χ3v) is 12.7. The molecule has 0 fully saturated rings. The Labute approximate surface area is 348 Å². The number of anilines is 3. The van der Waals surface area contributed by atoms with Crippen LogP contribution in [-0.4, -0.2) is 0 Å². The van der Waals surface area contributed by atoms with Crippen LogP contribution in [0.2, 0.25) is 0 Å². The van der Waals surface area contributed by atoms with E-state index in [2.05, 4.69) is 195 Å². The molecule has 11 aromatic rings. The van der Waals surface area contributed by atoms with Gasteiger partial charge < -0.3 is 13.7 Å². The highest BCUT2D eigenvalue weighted by molar-refractivity contribution is 6.10. The van der Waals surface area contributed by atoms with E-state index in [1.54, 1.807) is 0 Å². The molecule has 60 heavy (non-hydrogen) atoms. The van der Waals surface area contributed by atoms with Crippen LogP contribution in [0.25, 0.3) is 88.4 Å². The number of benzene rings is 9. The number of rotatable bonds is 6. The van der Waals surface area contributed by atoms with Gasteiger partial charge in [0, 0.05) is 55.1 Å². The lowest BCUT2D eigenvalue weighted by Gasteiger charge is -2.26. The summed E-state index contributed by atoms with van der Waals surface area (Å²) in [5.74, 6) is 0. The van der Waals surface area contributed by atoms with Gasteiger partial charge in [0.25, 0.3) is 0 Å². The molecule has 0 saturated carbocycles. The van der Waals surface area contributed by atoms with Gasteiger partial charge in [-0.2, -0.15) is 0 Å². The van der Waals surface area contributed by atoms with Crippen LogP contribution in [0.5, 0.6) is 0 Å². The molecule has 3 nitrogen and oxygen atoms in total. The van der Waals surface area contributed by atoms with E-state index < -0.39 is 0 Å². The summed E-state index contributed by atoms with van der Waals surface area (Å²) < 4.78 is 12.9. The Bertz CT molecular complexity index is 3280. The number of para-hydroxylation sites is 4. The highest BCUT2D eigenvalue weighted by Gasteiger charge is 2.35. The summed E-state index contributed by atoms with van der Waals surface area (Å²) >= 11 is 0. The van der Waals surface area contributed by atoms with Crippen molar-refractivity contribution in [3.05, 3.63) is 211 Å². The monoisotopic (exact) mass is 769 g/mol. The Kier molecular flexibility index (Phi) is 7.58. The zero-order valence-corrected chi connectivity index (χ0v) is 33.3. The molecule has 12 rings (SSSR count). The van der Waals surface area contributed by atoms with Gasteiger partial charge in [-0.3, -0.25) is 0 Å². The van der Waals surface area contributed by atoms with Crippen molar-refractivity contribution in [1.29, 1.82) is 0 Å². The van der Waals surface area contributed by atoms with Crippen molar-refractivity contribution in [3.63, 3.8) is 0 Å². The maximum atomic E-state index is 6.43. The van der Waals surface area contributed by atoms with E-state index in [1.807, 2.05) is 24.3 Å². The summed E-state index contributed by atoms with van der Waals surface area (Å²) in [6, 6.07) is 71.9. The van der Waals surface area contributed by atoms with Crippen molar-refractivity contribution in [2.24, 2.45) is 0 Å².